The normalized spacial score (nSPS) is 13.9. The van der Waals surface area contributed by atoms with Gasteiger partial charge in [0.15, 0.2) is 0 Å². The summed E-state index contributed by atoms with van der Waals surface area (Å²) in [5.74, 6) is 1.53. The summed E-state index contributed by atoms with van der Waals surface area (Å²) in [4.78, 5) is 0. The highest BCUT2D eigenvalue weighted by Gasteiger charge is 2.24. The minimum absolute atomic E-state index is 0.0377. The predicted octanol–water partition coefficient (Wildman–Crippen LogP) is 3.54. The molecule has 0 heterocycles. The summed E-state index contributed by atoms with van der Waals surface area (Å²) in [7, 11) is 5.03. The van der Waals surface area contributed by atoms with E-state index in [1.54, 1.807) is 21.3 Å². The first-order chi connectivity index (χ1) is 9.60. The van der Waals surface area contributed by atoms with E-state index in [1.165, 1.54) is 0 Å². The molecule has 1 aromatic rings. The lowest BCUT2D eigenvalue weighted by Gasteiger charge is -2.27. The van der Waals surface area contributed by atoms with Crippen molar-refractivity contribution < 1.29 is 14.2 Å². The Hall–Kier alpha value is -0.780. The maximum Gasteiger partial charge on any atom is 0.141 e. The lowest BCUT2D eigenvalue weighted by atomic mass is 10.0. The van der Waals surface area contributed by atoms with Gasteiger partial charge in [0.2, 0.25) is 0 Å². The highest BCUT2D eigenvalue weighted by Crippen LogP contribution is 2.40. The van der Waals surface area contributed by atoms with Crippen LogP contribution in [0.15, 0.2) is 16.6 Å². The number of hydrogen-bond acceptors (Lipinski definition) is 4. The van der Waals surface area contributed by atoms with Crippen molar-refractivity contribution >= 4 is 15.9 Å². The van der Waals surface area contributed by atoms with E-state index < -0.39 is 0 Å². The SMILES string of the molecule is CCCNC(c1ccc(OC)c(Br)c1OC)C(C)OC. The van der Waals surface area contributed by atoms with Crippen molar-refractivity contribution in [1.82, 2.24) is 5.32 Å². The summed E-state index contributed by atoms with van der Waals surface area (Å²) in [5.41, 5.74) is 1.06. The molecule has 0 bridgehead atoms. The van der Waals surface area contributed by atoms with Gasteiger partial charge in [-0.25, -0.2) is 0 Å². The van der Waals surface area contributed by atoms with Crippen LogP contribution in [0.4, 0.5) is 0 Å². The number of nitrogens with one attached hydrogen (secondary N) is 1. The van der Waals surface area contributed by atoms with Crippen molar-refractivity contribution in [3.63, 3.8) is 0 Å². The predicted molar refractivity (Wildman–Crippen MR) is 84.8 cm³/mol. The highest BCUT2D eigenvalue weighted by molar-refractivity contribution is 9.10. The third-order valence-electron chi connectivity index (χ3n) is 3.31. The summed E-state index contributed by atoms with van der Waals surface area (Å²) in [6, 6.07) is 4.02. The molecule has 1 rings (SSSR count). The molecular weight excluding hydrogens is 322 g/mol. The molecule has 0 aliphatic heterocycles. The van der Waals surface area contributed by atoms with Crippen molar-refractivity contribution in [2.45, 2.75) is 32.4 Å². The Morgan fingerprint density at radius 1 is 1.20 bits per heavy atom. The summed E-state index contributed by atoms with van der Waals surface area (Å²) in [5, 5.41) is 3.51. The zero-order chi connectivity index (χ0) is 15.1. The molecular formula is C15H24BrNO3. The third kappa shape index (κ3) is 3.87. The number of rotatable bonds is 8. The van der Waals surface area contributed by atoms with Crippen molar-refractivity contribution in [2.75, 3.05) is 27.9 Å². The molecule has 4 nitrogen and oxygen atoms in total. The van der Waals surface area contributed by atoms with Crippen molar-refractivity contribution in [1.29, 1.82) is 0 Å². The van der Waals surface area contributed by atoms with Gasteiger partial charge in [-0.05, 0) is 48.0 Å². The summed E-state index contributed by atoms with van der Waals surface area (Å²) < 4.78 is 17.2. The topological polar surface area (TPSA) is 39.7 Å². The zero-order valence-electron chi connectivity index (χ0n) is 12.8. The first-order valence-electron chi connectivity index (χ1n) is 6.77. The first kappa shape index (κ1) is 17.3. The van der Waals surface area contributed by atoms with Crippen molar-refractivity contribution in [3.05, 3.63) is 22.2 Å². The van der Waals surface area contributed by atoms with E-state index in [9.17, 15) is 0 Å². The molecule has 2 atom stereocenters. The molecule has 1 N–H and O–H groups in total. The van der Waals surface area contributed by atoms with Gasteiger partial charge in [-0.2, -0.15) is 0 Å². The third-order valence-corrected chi connectivity index (χ3v) is 4.06. The van der Waals surface area contributed by atoms with Gasteiger partial charge in [-0.3, -0.25) is 0 Å². The van der Waals surface area contributed by atoms with E-state index in [-0.39, 0.29) is 12.1 Å². The molecule has 0 aliphatic rings. The second kappa shape index (κ2) is 8.49. The molecule has 0 spiro atoms. The number of halogens is 1. The quantitative estimate of drug-likeness (QED) is 0.782. The standard InChI is InChI=1S/C15H24BrNO3/c1-6-9-17-14(10(2)18-3)11-7-8-12(19-4)13(16)15(11)20-5/h7-8,10,14,17H,6,9H2,1-5H3. The van der Waals surface area contributed by atoms with Crippen molar-refractivity contribution in [3.8, 4) is 11.5 Å². The molecule has 0 fully saturated rings. The van der Waals surface area contributed by atoms with Crippen LogP contribution >= 0.6 is 15.9 Å². The van der Waals surface area contributed by atoms with Crippen LogP contribution in [-0.2, 0) is 4.74 Å². The van der Waals surface area contributed by atoms with E-state index in [0.29, 0.717) is 0 Å². The van der Waals surface area contributed by atoms with Gasteiger partial charge in [0.25, 0.3) is 0 Å². The van der Waals surface area contributed by atoms with Crippen LogP contribution in [0.2, 0.25) is 0 Å². The molecule has 2 unspecified atom stereocenters. The largest absolute Gasteiger partial charge is 0.495 e. The molecule has 114 valence electrons. The molecule has 0 aliphatic carbocycles. The minimum Gasteiger partial charge on any atom is -0.495 e. The Labute approximate surface area is 129 Å². The minimum atomic E-state index is 0.0377. The van der Waals surface area contributed by atoms with Gasteiger partial charge in [-0.15, -0.1) is 0 Å². The number of ether oxygens (including phenoxy) is 3. The second-order valence-corrected chi connectivity index (χ2v) is 5.37. The van der Waals surface area contributed by atoms with E-state index in [4.69, 9.17) is 14.2 Å². The van der Waals surface area contributed by atoms with Gasteiger partial charge >= 0.3 is 0 Å². The summed E-state index contributed by atoms with van der Waals surface area (Å²) in [6.07, 6.45) is 1.10. The average Bonchev–Trinajstić information content (AvgIpc) is 2.47. The van der Waals surface area contributed by atoms with Crippen LogP contribution in [0.3, 0.4) is 0 Å². The molecule has 0 amide bonds. The van der Waals surface area contributed by atoms with Gasteiger partial charge in [0, 0.05) is 12.7 Å². The van der Waals surface area contributed by atoms with E-state index >= 15 is 0 Å². The molecule has 5 heteroatoms. The average molecular weight is 346 g/mol. The maximum atomic E-state index is 5.55. The Bertz CT molecular complexity index is 426. The second-order valence-electron chi connectivity index (χ2n) is 4.58. The van der Waals surface area contributed by atoms with Gasteiger partial charge < -0.3 is 19.5 Å². The molecule has 1 aromatic carbocycles. The Kier molecular flexibility index (Phi) is 7.34. The monoisotopic (exact) mass is 345 g/mol. The van der Waals surface area contributed by atoms with E-state index in [1.807, 2.05) is 19.1 Å². The van der Waals surface area contributed by atoms with Crippen LogP contribution < -0.4 is 14.8 Å². The smallest absolute Gasteiger partial charge is 0.141 e. The van der Waals surface area contributed by atoms with Crippen LogP contribution in [0, 0.1) is 0 Å². The molecule has 0 radical (unpaired) electrons. The van der Waals surface area contributed by atoms with Gasteiger partial charge in [0.05, 0.1) is 26.4 Å². The Morgan fingerprint density at radius 2 is 1.90 bits per heavy atom. The summed E-state index contributed by atoms with van der Waals surface area (Å²) >= 11 is 3.54. The molecule has 20 heavy (non-hydrogen) atoms. The number of hydrogen-bond donors (Lipinski definition) is 1. The Morgan fingerprint density at radius 3 is 2.40 bits per heavy atom. The number of methoxy groups -OCH3 is 3. The fourth-order valence-corrected chi connectivity index (χ4v) is 2.81. The van der Waals surface area contributed by atoms with Crippen molar-refractivity contribution in [2.24, 2.45) is 0 Å². The number of benzene rings is 1. The Balaban J connectivity index is 3.21. The summed E-state index contributed by atoms with van der Waals surface area (Å²) in [6.45, 7) is 5.11. The maximum absolute atomic E-state index is 5.55. The zero-order valence-corrected chi connectivity index (χ0v) is 14.4. The fraction of sp³-hybridized carbons (Fsp3) is 0.600. The fourth-order valence-electron chi connectivity index (χ4n) is 2.13. The first-order valence-corrected chi connectivity index (χ1v) is 7.56. The molecule has 0 saturated carbocycles. The van der Waals surface area contributed by atoms with E-state index in [0.717, 1.165) is 34.5 Å². The van der Waals surface area contributed by atoms with Crippen LogP contribution in [0.1, 0.15) is 31.9 Å². The van der Waals surface area contributed by atoms with Gasteiger partial charge in [0.1, 0.15) is 16.0 Å². The van der Waals surface area contributed by atoms with Crippen LogP contribution in [0.25, 0.3) is 0 Å². The van der Waals surface area contributed by atoms with Crippen LogP contribution in [0.5, 0.6) is 11.5 Å². The van der Waals surface area contributed by atoms with E-state index in [2.05, 4.69) is 28.2 Å². The molecule has 0 saturated heterocycles. The van der Waals surface area contributed by atoms with Gasteiger partial charge in [-0.1, -0.05) is 6.92 Å². The lowest BCUT2D eigenvalue weighted by Crippen LogP contribution is -2.32. The highest BCUT2D eigenvalue weighted by atomic mass is 79.9. The van der Waals surface area contributed by atoms with Crippen LogP contribution in [-0.4, -0.2) is 34.0 Å². The lowest BCUT2D eigenvalue weighted by molar-refractivity contribution is 0.0820. The molecule has 0 aromatic heterocycles.